The molecule has 2 aliphatic heterocycles. The molecule has 3 aliphatic rings. The molecule has 0 radical (unpaired) electrons. The van der Waals surface area contributed by atoms with Crippen molar-refractivity contribution in [2.24, 2.45) is 5.92 Å². The molecule has 3 heterocycles. The van der Waals surface area contributed by atoms with E-state index >= 15 is 0 Å². The van der Waals surface area contributed by atoms with Crippen LogP contribution in [0, 0.1) is 11.7 Å². The second-order valence-electron chi connectivity index (χ2n) is 9.69. The maximum Gasteiger partial charge on any atom is 0.408 e. The number of aromatic hydroxyl groups is 1. The summed E-state index contributed by atoms with van der Waals surface area (Å²) in [6.07, 6.45) is 1.12. The molecule has 0 spiro atoms. The van der Waals surface area contributed by atoms with E-state index in [0.717, 1.165) is 5.56 Å². The number of hydrogen-bond donors (Lipinski definition) is 3. The molecule has 0 saturated heterocycles. The Hall–Kier alpha value is -4.21. The quantitative estimate of drug-likeness (QED) is 0.469. The monoisotopic (exact) mass is 506 g/mol. The van der Waals surface area contributed by atoms with Gasteiger partial charge in [0, 0.05) is 13.1 Å². The molecule has 1 aliphatic carbocycles. The van der Waals surface area contributed by atoms with Crippen LogP contribution in [0.4, 0.5) is 9.18 Å². The zero-order chi connectivity index (χ0) is 26.2. The van der Waals surface area contributed by atoms with Crippen LogP contribution < -0.4 is 10.9 Å². The Labute approximate surface area is 212 Å². The van der Waals surface area contributed by atoms with Crippen LogP contribution in [0.5, 0.6) is 5.75 Å². The lowest BCUT2D eigenvalue weighted by Crippen LogP contribution is -2.52. The number of carbonyl (C=O) groups excluding carboxylic acids is 1. The van der Waals surface area contributed by atoms with Gasteiger partial charge in [0.2, 0.25) is 5.75 Å². The summed E-state index contributed by atoms with van der Waals surface area (Å²) in [7, 11) is 0. The normalized spacial score (nSPS) is 20.1. The van der Waals surface area contributed by atoms with E-state index in [0.29, 0.717) is 37.8 Å². The van der Waals surface area contributed by atoms with E-state index < -0.39 is 40.4 Å². The van der Waals surface area contributed by atoms with Crippen LogP contribution in [-0.4, -0.2) is 36.7 Å². The SMILES string of the molecule is O=C(NCc1ccc(F)cc1)c1nc2n(c(=O)c1O)CC1CCC2(N(Cc2ccccc2)C(=O)O)CC1. The Morgan fingerprint density at radius 2 is 1.76 bits per heavy atom. The first-order chi connectivity index (χ1) is 17.8. The van der Waals surface area contributed by atoms with Crippen LogP contribution in [-0.2, 0) is 25.2 Å². The number of halogens is 1. The minimum Gasteiger partial charge on any atom is -0.501 e. The maximum atomic E-state index is 13.3. The second-order valence-corrected chi connectivity index (χ2v) is 9.69. The van der Waals surface area contributed by atoms with E-state index in [1.807, 2.05) is 30.3 Å². The molecule has 10 heteroatoms. The Morgan fingerprint density at radius 3 is 2.41 bits per heavy atom. The lowest BCUT2D eigenvalue weighted by Gasteiger charge is -2.44. The predicted octanol–water partition coefficient (Wildman–Crippen LogP) is 3.60. The number of amides is 2. The third kappa shape index (κ3) is 4.54. The van der Waals surface area contributed by atoms with Crippen molar-refractivity contribution >= 4 is 12.0 Å². The molecule has 192 valence electrons. The lowest BCUT2D eigenvalue weighted by atomic mass is 9.76. The number of carbonyl (C=O) groups is 2. The molecule has 3 N–H and O–H groups in total. The van der Waals surface area contributed by atoms with Crippen molar-refractivity contribution in [3.63, 3.8) is 0 Å². The van der Waals surface area contributed by atoms with Gasteiger partial charge in [-0.3, -0.25) is 19.1 Å². The number of hydrogen-bond acceptors (Lipinski definition) is 5. The van der Waals surface area contributed by atoms with Crippen molar-refractivity contribution in [1.29, 1.82) is 0 Å². The van der Waals surface area contributed by atoms with Gasteiger partial charge in [0.15, 0.2) is 5.69 Å². The Kier molecular flexibility index (Phi) is 6.41. The smallest absolute Gasteiger partial charge is 0.408 e. The van der Waals surface area contributed by atoms with Crippen LogP contribution >= 0.6 is 0 Å². The first-order valence-electron chi connectivity index (χ1n) is 12.2. The summed E-state index contributed by atoms with van der Waals surface area (Å²) in [5.74, 6) is -1.64. The molecule has 0 unspecified atom stereocenters. The first-order valence-corrected chi connectivity index (χ1v) is 12.2. The highest BCUT2D eigenvalue weighted by Crippen LogP contribution is 2.47. The van der Waals surface area contributed by atoms with Gasteiger partial charge in [0.05, 0.1) is 6.54 Å². The molecular formula is C27H27FN4O5. The van der Waals surface area contributed by atoms with Crippen molar-refractivity contribution in [2.75, 3.05) is 0 Å². The van der Waals surface area contributed by atoms with Crippen molar-refractivity contribution in [2.45, 2.75) is 50.9 Å². The fourth-order valence-electron chi connectivity index (χ4n) is 5.47. The average molecular weight is 507 g/mol. The molecule has 3 aromatic rings. The number of benzene rings is 2. The maximum absolute atomic E-state index is 13.3. The van der Waals surface area contributed by atoms with Gasteiger partial charge in [-0.15, -0.1) is 0 Å². The number of fused-ring (bicyclic) bond motifs is 2. The first kappa shape index (κ1) is 24.5. The zero-order valence-corrected chi connectivity index (χ0v) is 20.1. The molecule has 2 aromatic carbocycles. The van der Waals surface area contributed by atoms with E-state index in [1.54, 1.807) is 0 Å². The molecule has 1 aromatic heterocycles. The van der Waals surface area contributed by atoms with Gasteiger partial charge >= 0.3 is 6.09 Å². The number of rotatable bonds is 6. The minimum atomic E-state index is -1.15. The average Bonchev–Trinajstić information content (AvgIpc) is 3.16. The summed E-state index contributed by atoms with van der Waals surface area (Å²) in [4.78, 5) is 44.8. The zero-order valence-electron chi connectivity index (χ0n) is 20.1. The summed E-state index contributed by atoms with van der Waals surface area (Å²) >= 11 is 0. The van der Waals surface area contributed by atoms with Gasteiger partial charge in [0.1, 0.15) is 17.2 Å². The highest BCUT2D eigenvalue weighted by Gasteiger charge is 2.50. The van der Waals surface area contributed by atoms with Gasteiger partial charge < -0.3 is 15.5 Å². The predicted molar refractivity (Wildman–Crippen MR) is 131 cm³/mol. The summed E-state index contributed by atoms with van der Waals surface area (Å²) in [5.41, 5.74) is -0.937. The molecule has 6 rings (SSSR count). The molecule has 1 saturated carbocycles. The standard InChI is InChI=1S/C27H27FN4O5/c28-20-8-6-17(7-9-20)14-29-23(34)21-22(33)24(35)31-15-19-10-12-27(13-11-19,25(31)30-21)32(26(36)37)16-18-4-2-1-3-5-18/h1-9,19,33H,10-16H2,(H,29,34)(H,36,37). The van der Waals surface area contributed by atoms with Crippen molar-refractivity contribution in [3.05, 3.63) is 93.4 Å². The van der Waals surface area contributed by atoms with Crippen LogP contribution in [0.1, 0.15) is 53.1 Å². The summed E-state index contributed by atoms with van der Waals surface area (Å²) in [5, 5.41) is 23.6. The number of aromatic nitrogens is 2. The van der Waals surface area contributed by atoms with Crippen molar-refractivity contribution < 1.29 is 24.2 Å². The minimum absolute atomic E-state index is 0.0289. The summed E-state index contributed by atoms with van der Waals surface area (Å²) < 4.78 is 14.5. The molecule has 0 atom stereocenters. The van der Waals surface area contributed by atoms with Crippen LogP contribution in [0.15, 0.2) is 59.4 Å². The molecule has 37 heavy (non-hydrogen) atoms. The fraction of sp³-hybridized carbons (Fsp3) is 0.333. The Bertz CT molecular complexity index is 1380. The van der Waals surface area contributed by atoms with E-state index in [4.69, 9.17) is 0 Å². The lowest BCUT2D eigenvalue weighted by molar-refractivity contribution is 0.0317. The third-order valence-electron chi connectivity index (χ3n) is 7.45. The largest absolute Gasteiger partial charge is 0.501 e. The summed E-state index contributed by atoms with van der Waals surface area (Å²) in [6, 6.07) is 14.7. The molecular weight excluding hydrogens is 479 g/mol. The van der Waals surface area contributed by atoms with Gasteiger partial charge in [-0.25, -0.2) is 14.2 Å². The molecule has 2 bridgehead atoms. The van der Waals surface area contributed by atoms with Crippen LogP contribution in [0.3, 0.4) is 0 Å². The number of nitrogens with zero attached hydrogens (tertiary/aromatic N) is 3. The second kappa shape index (κ2) is 9.68. The fourth-order valence-corrected chi connectivity index (χ4v) is 5.47. The van der Waals surface area contributed by atoms with Gasteiger partial charge in [-0.1, -0.05) is 42.5 Å². The van der Waals surface area contributed by atoms with E-state index in [-0.39, 0.29) is 24.8 Å². The van der Waals surface area contributed by atoms with Crippen molar-refractivity contribution in [1.82, 2.24) is 19.8 Å². The van der Waals surface area contributed by atoms with E-state index in [2.05, 4.69) is 10.3 Å². The Balaban J connectivity index is 1.56. The molecule has 9 nitrogen and oxygen atoms in total. The highest BCUT2D eigenvalue weighted by atomic mass is 19.1. The molecule has 1 fully saturated rings. The van der Waals surface area contributed by atoms with Crippen LogP contribution in [0.2, 0.25) is 0 Å². The van der Waals surface area contributed by atoms with Crippen LogP contribution in [0.25, 0.3) is 0 Å². The highest BCUT2D eigenvalue weighted by molar-refractivity contribution is 5.94. The number of nitrogens with one attached hydrogen (secondary N) is 1. The van der Waals surface area contributed by atoms with Gasteiger partial charge in [-0.05, 0) is 54.9 Å². The summed E-state index contributed by atoms with van der Waals surface area (Å²) in [6.45, 7) is 0.414. The van der Waals surface area contributed by atoms with Gasteiger partial charge in [0.25, 0.3) is 11.5 Å². The Morgan fingerprint density at radius 1 is 1.08 bits per heavy atom. The van der Waals surface area contributed by atoms with E-state index in [1.165, 1.54) is 33.7 Å². The molecule has 2 amide bonds. The number of carboxylic acid groups (broad SMARTS) is 1. The van der Waals surface area contributed by atoms with Gasteiger partial charge in [-0.2, -0.15) is 0 Å². The van der Waals surface area contributed by atoms with E-state index in [9.17, 15) is 29.0 Å². The third-order valence-corrected chi connectivity index (χ3v) is 7.45. The topological polar surface area (TPSA) is 125 Å². The van der Waals surface area contributed by atoms with Crippen molar-refractivity contribution in [3.8, 4) is 5.75 Å².